The van der Waals surface area contributed by atoms with E-state index in [9.17, 15) is 18.8 Å². The van der Waals surface area contributed by atoms with Crippen molar-refractivity contribution in [3.63, 3.8) is 0 Å². The molecule has 3 N–H and O–H groups in total. The summed E-state index contributed by atoms with van der Waals surface area (Å²) < 4.78 is 25.4. The van der Waals surface area contributed by atoms with Crippen molar-refractivity contribution in [3.8, 4) is 17.4 Å². The Morgan fingerprint density at radius 3 is 2.17 bits per heavy atom. The molecule has 0 radical (unpaired) electrons. The Hall–Kier alpha value is -3.89. The minimum absolute atomic E-state index is 0.0386. The first-order chi connectivity index (χ1) is 19.2. The van der Waals surface area contributed by atoms with Crippen LogP contribution in [0.15, 0.2) is 54.7 Å². The first kappa shape index (κ1) is 29.1. The fourth-order valence-corrected chi connectivity index (χ4v) is 4.47. The number of aromatic nitrogens is 1. The number of hydrogen-bond donors (Lipinski definition) is 3. The van der Waals surface area contributed by atoms with E-state index < -0.39 is 17.7 Å². The third-order valence-electron chi connectivity index (χ3n) is 6.31. The number of carbonyl (C=O) groups excluding carboxylic acids is 2. The number of halogens is 3. The summed E-state index contributed by atoms with van der Waals surface area (Å²) in [6.45, 7) is 0.323. The van der Waals surface area contributed by atoms with Gasteiger partial charge in [-0.3, -0.25) is 14.4 Å². The Labute approximate surface area is 239 Å². The zero-order chi connectivity index (χ0) is 28.6. The van der Waals surface area contributed by atoms with Gasteiger partial charge in [-0.2, -0.15) is 0 Å². The van der Waals surface area contributed by atoms with Crippen LogP contribution in [-0.2, 0) is 4.79 Å². The third-order valence-corrected chi connectivity index (χ3v) is 6.83. The predicted octanol–water partition coefficient (Wildman–Crippen LogP) is 5.50. The minimum atomic E-state index is -0.781. The number of amides is 2. The molecule has 0 unspecified atom stereocenters. The summed E-state index contributed by atoms with van der Waals surface area (Å²) in [5, 5.41) is 14.8. The van der Waals surface area contributed by atoms with Crippen LogP contribution in [0.3, 0.4) is 0 Å². The molecule has 0 bridgehead atoms. The second kappa shape index (κ2) is 13.5. The maximum atomic E-state index is 14.0. The van der Waals surface area contributed by atoms with Crippen LogP contribution in [-0.4, -0.2) is 47.1 Å². The molecule has 210 valence electrons. The largest absolute Gasteiger partial charge is 0.490 e. The summed E-state index contributed by atoms with van der Waals surface area (Å²) in [4.78, 5) is 39.9. The normalized spacial score (nSPS) is 16.6. The molecule has 0 spiro atoms. The van der Waals surface area contributed by atoms with Crippen LogP contribution >= 0.6 is 23.2 Å². The molecule has 1 saturated carbocycles. The highest BCUT2D eigenvalue weighted by atomic mass is 35.5. The van der Waals surface area contributed by atoms with Crippen molar-refractivity contribution < 1.29 is 33.4 Å². The lowest BCUT2D eigenvalue weighted by atomic mass is 9.87. The average Bonchev–Trinajstić information content (AvgIpc) is 2.94. The van der Waals surface area contributed by atoms with Gasteiger partial charge in [-0.05, 0) is 74.2 Å². The van der Waals surface area contributed by atoms with Gasteiger partial charge in [-0.25, -0.2) is 9.37 Å². The number of aliphatic carboxylic acids is 1. The van der Waals surface area contributed by atoms with Crippen molar-refractivity contribution in [1.82, 2.24) is 15.6 Å². The lowest BCUT2D eigenvalue weighted by Crippen LogP contribution is -2.34. The molecule has 1 aliphatic carbocycles. The summed E-state index contributed by atoms with van der Waals surface area (Å²) in [5.74, 6) is -2.30. The highest BCUT2D eigenvalue weighted by Gasteiger charge is 2.27. The quantitative estimate of drug-likeness (QED) is 0.266. The highest BCUT2D eigenvalue weighted by Crippen LogP contribution is 2.31. The highest BCUT2D eigenvalue weighted by molar-refractivity contribution is 6.32. The van der Waals surface area contributed by atoms with E-state index in [1.807, 2.05) is 0 Å². The third kappa shape index (κ3) is 7.83. The van der Waals surface area contributed by atoms with Crippen molar-refractivity contribution in [2.45, 2.75) is 31.8 Å². The van der Waals surface area contributed by atoms with Gasteiger partial charge in [0.25, 0.3) is 17.7 Å². The Morgan fingerprint density at radius 1 is 0.925 bits per heavy atom. The van der Waals surface area contributed by atoms with E-state index in [0.29, 0.717) is 37.0 Å². The van der Waals surface area contributed by atoms with Gasteiger partial charge in [0, 0.05) is 30.4 Å². The molecule has 0 aliphatic heterocycles. The zero-order valence-corrected chi connectivity index (χ0v) is 22.7. The molecule has 1 aliphatic rings. The molecular weight excluding hydrogens is 564 g/mol. The maximum Gasteiger partial charge on any atom is 0.306 e. The second-order valence-electron chi connectivity index (χ2n) is 9.15. The summed E-state index contributed by atoms with van der Waals surface area (Å²) in [6.07, 6.45) is 3.70. The molecule has 1 heterocycles. The van der Waals surface area contributed by atoms with Crippen molar-refractivity contribution in [3.05, 3.63) is 81.7 Å². The van der Waals surface area contributed by atoms with Gasteiger partial charge in [0.15, 0.2) is 5.82 Å². The molecule has 2 amide bonds. The fourth-order valence-electron chi connectivity index (χ4n) is 4.17. The van der Waals surface area contributed by atoms with E-state index in [1.54, 1.807) is 24.3 Å². The van der Waals surface area contributed by atoms with Gasteiger partial charge < -0.3 is 25.2 Å². The number of carbonyl (C=O) groups is 3. The van der Waals surface area contributed by atoms with Crippen molar-refractivity contribution in [2.75, 3.05) is 13.1 Å². The van der Waals surface area contributed by atoms with Crippen molar-refractivity contribution in [2.24, 2.45) is 5.92 Å². The van der Waals surface area contributed by atoms with Crippen LogP contribution in [0.1, 0.15) is 46.4 Å². The van der Waals surface area contributed by atoms with E-state index in [2.05, 4.69) is 15.6 Å². The van der Waals surface area contributed by atoms with E-state index in [0.717, 1.165) is 6.07 Å². The van der Waals surface area contributed by atoms with Gasteiger partial charge >= 0.3 is 5.97 Å². The molecule has 3 aromatic rings. The lowest BCUT2D eigenvalue weighted by Gasteiger charge is -2.26. The fraction of sp³-hybridized carbons (Fsp3) is 0.286. The number of carboxylic acid groups (broad SMARTS) is 1. The number of pyridine rings is 1. The van der Waals surface area contributed by atoms with E-state index in [-0.39, 0.29) is 58.3 Å². The average molecular weight is 590 g/mol. The second-order valence-corrected chi connectivity index (χ2v) is 10.00. The molecule has 0 atom stereocenters. The number of nitrogens with zero attached hydrogens (tertiary/aromatic N) is 1. The number of nitrogens with one attached hydrogen (secondary N) is 2. The zero-order valence-electron chi connectivity index (χ0n) is 21.2. The Balaban J connectivity index is 1.22. The minimum Gasteiger partial charge on any atom is -0.490 e. The molecule has 40 heavy (non-hydrogen) atoms. The lowest BCUT2D eigenvalue weighted by molar-refractivity contribution is -0.143. The van der Waals surface area contributed by atoms with Gasteiger partial charge in [0.1, 0.15) is 11.5 Å². The molecular formula is C28H26Cl2FN3O6. The van der Waals surface area contributed by atoms with Gasteiger partial charge in [-0.1, -0.05) is 23.2 Å². The molecule has 0 saturated heterocycles. The number of ether oxygens (including phenoxy) is 2. The van der Waals surface area contributed by atoms with Gasteiger partial charge in [0.2, 0.25) is 0 Å². The van der Waals surface area contributed by atoms with Crippen LogP contribution in [0.5, 0.6) is 17.4 Å². The first-order valence-electron chi connectivity index (χ1n) is 12.5. The van der Waals surface area contributed by atoms with Crippen LogP contribution in [0.25, 0.3) is 0 Å². The van der Waals surface area contributed by atoms with Crippen LogP contribution in [0.2, 0.25) is 10.0 Å². The summed E-state index contributed by atoms with van der Waals surface area (Å²) in [7, 11) is 0. The summed E-state index contributed by atoms with van der Waals surface area (Å²) in [5.41, 5.74) is 0.642. The van der Waals surface area contributed by atoms with Crippen molar-refractivity contribution in [1.29, 1.82) is 0 Å². The Morgan fingerprint density at radius 2 is 1.55 bits per heavy atom. The Bertz CT molecular complexity index is 1380. The monoisotopic (exact) mass is 589 g/mol. The molecule has 1 aromatic heterocycles. The smallest absolute Gasteiger partial charge is 0.306 e. The van der Waals surface area contributed by atoms with E-state index in [4.69, 9.17) is 37.8 Å². The molecule has 2 aromatic carbocycles. The van der Waals surface area contributed by atoms with E-state index in [1.165, 1.54) is 24.4 Å². The van der Waals surface area contributed by atoms with Crippen LogP contribution in [0, 0.1) is 11.7 Å². The molecule has 1 fully saturated rings. The standard InChI is InChI=1S/C28H26Cl2FN3O6/c29-19-14-23(31)27(34-15-19)40-24-13-18(5-10-22(24)30)26(36)33-12-11-32-25(35)16-1-6-20(7-2-16)39-21-8-3-17(4-9-21)28(37)38/h1-2,5-7,10,13-15,17,21H,3-4,8-9,11-12H2,(H,32,35)(H,33,36)(H,37,38). The maximum absolute atomic E-state index is 14.0. The summed E-state index contributed by atoms with van der Waals surface area (Å²) in [6, 6.07) is 12.0. The number of hydrogen-bond acceptors (Lipinski definition) is 6. The SMILES string of the molecule is O=C(NCCNC(=O)c1ccc(Cl)c(Oc2ncc(Cl)cc2F)c1)c1ccc(OC2CCC(C(=O)O)CC2)cc1. The van der Waals surface area contributed by atoms with Crippen LogP contribution in [0.4, 0.5) is 4.39 Å². The predicted molar refractivity (Wildman–Crippen MR) is 146 cm³/mol. The number of carboxylic acids is 1. The van der Waals surface area contributed by atoms with Crippen LogP contribution < -0.4 is 20.1 Å². The molecule has 4 rings (SSSR count). The van der Waals surface area contributed by atoms with Gasteiger partial charge in [0.05, 0.1) is 22.1 Å². The number of rotatable bonds is 10. The molecule has 9 nitrogen and oxygen atoms in total. The topological polar surface area (TPSA) is 127 Å². The Kier molecular flexibility index (Phi) is 9.79. The number of benzene rings is 2. The first-order valence-corrected chi connectivity index (χ1v) is 13.3. The molecule has 12 heteroatoms. The van der Waals surface area contributed by atoms with Gasteiger partial charge in [-0.15, -0.1) is 0 Å². The van der Waals surface area contributed by atoms with E-state index >= 15 is 0 Å². The summed E-state index contributed by atoms with van der Waals surface area (Å²) >= 11 is 11.8. The van der Waals surface area contributed by atoms with Crippen molar-refractivity contribution >= 4 is 41.0 Å².